The summed E-state index contributed by atoms with van der Waals surface area (Å²) in [6.07, 6.45) is 0.0953. The first-order chi connectivity index (χ1) is 18.2. The van der Waals surface area contributed by atoms with Gasteiger partial charge in [0.1, 0.15) is 0 Å². The number of carbonyl (C=O) groups is 6. The van der Waals surface area contributed by atoms with Gasteiger partial charge in [-0.3, -0.25) is 34.3 Å². The summed E-state index contributed by atoms with van der Waals surface area (Å²) in [5.74, 6) is -7.43. The molecule has 0 saturated carbocycles. The summed E-state index contributed by atoms with van der Waals surface area (Å²) in [4.78, 5) is 71.1. The van der Waals surface area contributed by atoms with Gasteiger partial charge in [-0.25, -0.2) is 9.59 Å². The molecule has 16 heteroatoms. The lowest BCUT2D eigenvalue weighted by Crippen LogP contribution is -2.54. The van der Waals surface area contributed by atoms with E-state index in [-0.39, 0.29) is 30.7 Å². The monoisotopic (exact) mass is 618 g/mol. The van der Waals surface area contributed by atoms with Crippen molar-refractivity contribution >= 4 is 57.4 Å². The molecule has 39 heavy (non-hydrogen) atoms. The predicted octanol–water partition coefficient (Wildman–Crippen LogP) is -0.695. The van der Waals surface area contributed by atoms with Crippen molar-refractivity contribution in [2.24, 2.45) is 0 Å². The van der Waals surface area contributed by atoms with E-state index in [2.05, 4.69) is 26.6 Å². The van der Waals surface area contributed by atoms with E-state index in [4.69, 9.17) is 10.2 Å². The smallest absolute Gasteiger partial charge is 0.332 e. The van der Waals surface area contributed by atoms with Crippen LogP contribution in [0.25, 0.3) is 0 Å². The standard InChI is InChI=1S/C23H31BrN4O11/c1-13(25-21(22(36)37)23(38)39)8-27(10-18(30)31)9-16(28(11-19(32)33)12-20(34)35)6-14-2-4-15(5-3-14)26-17(29)7-24/h2-5,13,16,21,25H,6-12H2,1H3,(H,26,29)(H,30,31)(H,32,33)(H,34,35)(H,36,37)(H,38,39)/t13-,16-/m0/s1. The molecule has 1 rings (SSSR count). The van der Waals surface area contributed by atoms with Crippen molar-refractivity contribution in [3.63, 3.8) is 0 Å². The van der Waals surface area contributed by atoms with E-state index in [9.17, 15) is 44.1 Å². The van der Waals surface area contributed by atoms with Crippen LogP contribution < -0.4 is 10.6 Å². The van der Waals surface area contributed by atoms with Gasteiger partial charge in [-0.2, -0.15) is 0 Å². The minimum Gasteiger partial charge on any atom is -0.480 e. The Morgan fingerprint density at radius 2 is 1.33 bits per heavy atom. The lowest BCUT2D eigenvalue weighted by Gasteiger charge is -2.35. The first-order valence-electron chi connectivity index (χ1n) is 11.5. The molecule has 0 heterocycles. The van der Waals surface area contributed by atoms with Crippen LogP contribution >= 0.6 is 15.9 Å². The van der Waals surface area contributed by atoms with Crippen LogP contribution in [0.5, 0.6) is 0 Å². The van der Waals surface area contributed by atoms with Crippen molar-refractivity contribution in [1.29, 1.82) is 0 Å². The minimum atomic E-state index is -1.94. The van der Waals surface area contributed by atoms with Crippen molar-refractivity contribution in [1.82, 2.24) is 15.1 Å². The number of hydrogen-bond donors (Lipinski definition) is 7. The van der Waals surface area contributed by atoms with Gasteiger partial charge >= 0.3 is 29.8 Å². The summed E-state index contributed by atoms with van der Waals surface area (Å²) in [7, 11) is 0. The van der Waals surface area contributed by atoms with Gasteiger partial charge in [-0.05, 0) is 31.0 Å². The molecular weight excluding hydrogens is 588 g/mol. The van der Waals surface area contributed by atoms with Gasteiger partial charge in [0, 0.05) is 30.9 Å². The van der Waals surface area contributed by atoms with Crippen LogP contribution in [0.1, 0.15) is 12.5 Å². The minimum absolute atomic E-state index is 0.0858. The van der Waals surface area contributed by atoms with Gasteiger partial charge < -0.3 is 30.8 Å². The zero-order valence-corrected chi connectivity index (χ0v) is 22.5. The fourth-order valence-corrected chi connectivity index (χ4v) is 3.97. The normalized spacial score (nSPS) is 12.7. The van der Waals surface area contributed by atoms with E-state index in [1.54, 1.807) is 24.3 Å². The molecule has 0 unspecified atom stereocenters. The first kappa shape index (κ1) is 33.4. The average molecular weight is 619 g/mol. The predicted molar refractivity (Wildman–Crippen MR) is 139 cm³/mol. The van der Waals surface area contributed by atoms with Crippen molar-refractivity contribution in [2.45, 2.75) is 31.5 Å². The van der Waals surface area contributed by atoms with Gasteiger partial charge in [-0.15, -0.1) is 0 Å². The Morgan fingerprint density at radius 1 is 0.821 bits per heavy atom. The summed E-state index contributed by atoms with van der Waals surface area (Å²) < 4.78 is 0. The second kappa shape index (κ2) is 16.4. The number of aliphatic carboxylic acids is 5. The van der Waals surface area contributed by atoms with Gasteiger partial charge in [0.05, 0.1) is 25.0 Å². The number of hydrogen-bond acceptors (Lipinski definition) is 9. The van der Waals surface area contributed by atoms with Crippen molar-refractivity contribution in [2.75, 3.05) is 43.4 Å². The molecule has 1 aromatic carbocycles. The van der Waals surface area contributed by atoms with Crippen LogP contribution in [0.15, 0.2) is 24.3 Å². The Morgan fingerprint density at radius 3 is 1.77 bits per heavy atom. The van der Waals surface area contributed by atoms with Crippen LogP contribution in [0, 0.1) is 0 Å². The zero-order chi connectivity index (χ0) is 29.7. The van der Waals surface area contributed by atoms with Gasteiger partial charge in [-0.1, -0.05) is 28.1 Å². The van der Waals surface area contributed by atoms with E-state index >= 15 is 0 Å². The lowest BCUT2D eigenvalue weighted by atomic mass is 10.0. The molecular formula is C23H31BrN4O11. The summed E-state index contributed by atoms with van der Waals surface area (Å²) in [6, 6.07) is 2.89. The molecule has 0 spiro atoms. The van der Waals surface area contributed by atoms with Crippen molar-refractivity contribution in [3.05, 3.63) is 29.8 Å². The molecule has 0 radical (unpaired) electrons. The van der Waals surface area contributed by atoms with Crippen LogP contribution in [0.3, 0.4) is 0 Å². The number of amides is 1. The Labute approximate surface area is 231 Å². The highest BCUT2D eigenvalue weighted by molar-refractivity contribution is 9.09. The molecule has 0 aliphatic carbocycles. The highest BCUT2D eigenvalue weighted by Gasteiger charge is 2.30. The molecule has 2 atom stereocenters. The maximum atomic E-state index is 11.6. The Balaban J connectivity index is 3.26. The third kappa shape index (κ3) is 13.2. The fourth-order valence-electron chi connectivity index (χ4n) is 3.83. The molecule has 216 valence electrons. The maximum absolute atomic E-state index is 11.6. The number of anilines is 1. The molecule has 15 nitrogen and oxygen atoms in total. The topological polar surface area (TPSA) is 234 Å². The summed E-state index contributed by atoms with van der Waals surface area (Å²) in [5, 5.41) is 51.5. The quantitative estimate of drug-likeness (QED) is 0.0750. The summed E-state index contributed by atoms with van der Waals surface area (Å²) >= 11 is 3.04. The second-order valence-corrected chi connectivity index (χ2v) is 9.25. The van der Waals surface area contributed by atoms with Crippen LogP contribution in [0.2, 0.25) is 0 Å². The Hall–Kier alpha value is -3.60. The first-order valence-corrected chi connectivity index (χ1v) is 12.6. The number of alkyl halides is 1. The largest absolute Gasteiger partial charge is 0.480 e. The molecule has 0 bridgehead atoms. The number of benzene rings is 1. The highest BCUT2D eigenvalue weighted by atomic mass is 79.9. The Bertz CT molecular complexity index is 1010. The summed E-state index contributed by atoms with van der Waals surface area (Å²) in [5.41, 5.74) is 1.13. The zero-order valence-electron chi connectivity index (χ0n) is 20.9. The van der Waals surface area contributed by atoms with Crippen LogP contribution in [-0.4, -0.2) is 127 Å². The molecule has 0 aliphatic heterocycles. The Kier molecular flexibility index (Phi) is 14.0. The molecule has 1 aromatic rings. The number of halogens is 1. The van der Waals surface area contributed by atoms with Crippen molar-refractivity contribution in [3.8, 4) is 0 Å². The number of nitrogens with one attached hydrogen (secondary N) is 2. The second-order valence-electron chi connectivity index (χ2n) is 8.69. The lowest BCUT2D eigenvalue weighted by molar-refractivity contribution is -0.152. The number of rotatable bonds is 19. The molecule has 1 amide bonds. The van der Waals surface area contributed by atoms with Gasteiger partial charge in [0.15, 0.2) is 0 Å². The molecule has 0 saturated heterocycles. The number of carboxylic acid groups (broad SMARTS) is 5. The van der Waals surface area contributed by atoms with Gasteiger partial charge in [0.25, 0.3) is 0 Å². The summed E-state index contributed by atoms with van der Waals surface area (Å²) in [6.45, 7) is -0.735. The van der Waals surface area contributed by atoms with Crippen LogP contribution in [-0.2, 0) is 35.2 Å². The number of nitrogens with zero attached hydrogens (tertiary/aromatic N) is 2. The maximum Gasteiger partial charge on any atom is 0.332 e. The van der Waals surface area contributed by atoms with E-state index in [0.29, 0.717) is 11.3 Å². The molecule has 0 fully saturated rings. The van der Waals surface area contributed by atoms with Crippen LogP contribution in [0.4, 0.5) is 5.69 Å². The fraction of sp³-hybridized carbons (Fsp3) is 0.478. The van der Waals surface area contributed by atoms with E-state index in [1.165, 1.54) is 11.8 Å². The molecule has 0 aliphatic rings. The SMILES string of the molecule is C[C@@H](CN(CC(=O)O)C[C@H](Cc1ccc(NC(=O)CBr)cc1)N(CC(=O)O)CC(=O)O)NC(C(=O)O)C(=O)O. The average Bonchev–Trinajstić information content (AvgIpc) is 2.81. The van der Waals surface area contributed by atoms with E-state index in [1.807, 2.05) is 0 Å². The highest BCUT2D eigenvalue weighted by Crippen LogP contribution is 2.16. The number of carbonyl (C=O) groups excluding carboxylic acids is 1. The third-order valence-electron chi connectivity index (χ3n) is 5.33. The third-order valence-corrected chi connectivity index (χ3v) is 5.84. The molecule has 7 N–H and O–H groups in total. The number of carboxylic acids is 5. The van der Waals surface area contributed by atoms with Crippen molar-refractivity contribution < 1.29 is 54.3 Å². The van der Waals surface area contributed by atoms with E-state index in [0.717, 1.165) is 4.90 Å². The van der Waals surface area contributed by atoms with E-state index < -0.39 is 67.6 Å². The van der Waals surface area contributed by atoms with Gasteiger partial charge in [0.2, 0.25) is 11.9 Å². The molecule has 0 aromatic heterocycles.